The lowest BCUT2D eigenvalue weighted by molar-refractivity contribution is 1.09. The number of hydrogen-bond acceptors (Lipinski definition) is 3. The second-order valence-corrected chi connectivity index (χ2v) is 13.3. The van der Waals surface area contributed by atoms with E-state index in [0.717, 1.165) is 94.4 Å². The predicted octanol–water partition coefficient (Wildman–Crippen LogP) is 11.3. The average Bonchev–Trinajstić information content (AvgIpc) is 3.91. The molecule has 0 fully saturated rings. The number of fused-ring (bicyclic) bond motifs is 10. The second-order valence-electron chi connectivity index (χ2n) is 13.3. The van der Waals surface area contributed by atoms with Crippen LogP contribution in [0.25, 0.3) is 94.4 Å². The van der Waals surface area contributed by atoms with Crippen LogP contribution in [0.3, 0.4) is 0 Å². The maximum absolute atomic E-state index is 5.67. The number of hydrogen-bond donors (Lipinski definition) is 0. The summed E-state index contributed by atoms with van der Waals surface area (Å²) in [5.74, 6) is 0.888. The molecule has 0 bridgehead atoms. The Labute approximate surface area is 304 Å². The first kappa shape index (κ1) is 29.4. The Morgan fingerprint density at radius 3 is 1.62 bits per heavy atom. The van der Waals surface area contributed by atoms with Crippen molar-refractivity contribution in [2.75, 3.05) is 0 Å². The van der Waals surface area contributed by atoms with Crippen molar-refractivity contribution in [3.8, 4) is 39.7 Å². The molecule has 0 unspecified atom stereocenters. The van der Waals surface area contributed by atoms with Gasteiger partial charge in [-0.1, -0.05) is 103 Å². The van der Waals surface area contributed by atoms with Crippen LogP contribution in [-0.4, -0.2) is 28.7 Å². The Hall–Kier alpha value is -7.31. The highest BCUT2D eigenvalue weighted by Crippen LogP contribution is 2.48. The number of pyridine rings is 2. The third kappa shape index (κ3) is 4.36. The largest absolute Gasteiger partial charge is 0.308 e. The van der Waals surface area contributed by atoms with Crippen LogP contribution < -0.4 is 0 Å². The molecule has 5 heterocycles. The van der Waals surface area contributed by atoms with Gasteiger partial charge in [0.2, 0.25) is 0 Å². The summed E-state index contributed by atoms with van der Waals surface area (Å²) in [6.07, 6.45) is 5.63. The zero-order chi connectivity index (χ0) is 34.9. The van der Waals surface area contributed by atoms with Gasteiger partial charge in [-0.25, -0.2) is 4.98 Å². The number of aromatic nitrogens is 6. The highest BCUT2D eigenvalue weighted by molar-refractivity contribution is 6.36. The van der Waals surface area contributed by atoms with Crippen LogP contribution in [0.2, 0.25) is 0 Å². The van der Waals surface area contributed by atoms with Crippen molar-refractivity contribution in [2.45, 2.75) is 0 Å². The van der Waals surface area contributed by atoms with E-state index in [1.807, 2.05) is 24.5 Å². The lowest BCUT2D eigenvalue weighted by Gasteiger charge is -2.14. The van der Waals surface area contributed by atoms with Gasteiger partial charge < -0.3 is 9.13 Å². The predicted molar refractivity (Wildman–Crippen MR) is 216 cm³/mol. The molecule has 53 heavy (non-hydrogen) atoms. The molecule has 0 saturated heterocycles. The Bertz CT molecular complexity index is 3120. The molecule has 248 valence electrons. The molecule has 6 nitrogen and oxygen atoms in total. The standard InChI is InChI=1S/C47H30N6/c1-4-15-31(16-5-1)47-50-43-41-36-22-10-12-24-39(36)51(33-18-6-2-7-19-33)44(41)42-37-23-11-13-25-40(37)52(45(42)46(43)53(47)34-20-8-3-9-21-34)35-26-27-38(49-30-35)32-17-14-28-48-29-32/h1-30H. The smallest absolute Gasteiger partial charge is 0.145 e. The molecule has 0 aliphatic carbocycles. The minimum Gasteiger partial charge on any atom is -0.308 e. The van der Waals surface area contributed by atoms with Crippen LogP contribution in [-0.2, 0) is 0 Å². The topological polar surface area (TPSA) is 53.5 Å². The van der Waals surface area contributed by atoms with Crippen LogP contribution >= 0.6 is 0 Å². The van der Waals surface area contributed by atoms with Crippen molar-refractivity contribution in [1.29, 1.82) is 0 Å². The molecule has 0 spiro atoms. The Morgan fingerprint density at radius 2 is 0.981 bits per heavy atom. The fourth-order valence-electron chi connectivity index (χ4n) is 8.16. The van der Waals surface area contributed by atoms with Gasteiger partial charge in [0.15, 0.2) is 0 Å². The highest BCUT2D eigenvalue weighted by Gasteiger charge is 2.29. The van der Waals surface area contributed by atoms with E-state index in [-0.39, 0.29) is 0 Å². The Balaban J connectivity index is 1.41. The normalized spacial score (nSPS) is 11.8. The van der Waals surface area contributed by atoms with Gasteiger partial charge in [0.1, 0.15) is 11.3 Å². The average molecular weight is 679 g/mol. The van der Waals surface area contributed by atoms with Gasteiger partial charge in [-0.3, -0.25) is 14.5 Å². The summed E-state index contributed by atoms with van der Waals surface area (Å²) in [5, 5.41) is 4.62. The molecule has 0 amide bonds. The summed E-state index contributed by atoms with van der Waals surface area (Å²) in [6, 6.07) is 57.6. The van der Waals surface area contributed by atoms with E-state index < -0.39 is 0 Å². The van der Waals surface area contributed by atoms with Gasteiger partial charge in [-0.2, -0.15) is 0 Å². The van der Waals surface area contributed by atoms with Crippen LogP contribution in [0, 0.1) is 0 Å². The van der Waals surface area contributed by atoms with E-state index in [2.05, 4.69) is 170 Å². The first-order valence-electron chi connectivity index (χ1n) is 17.8. The summed E-state index contributed by atoms with van der Waals surface area (Å²) in [4.78, 5) is 15.0. The van der Waals surface area contributed by atoms with Gasteiger partial charge >= 0.3 is 0 Å². The van der Waals surface area contributed by atoms with Crippen LogP contribution in [0.5, 0.6) is 0 Å². The second kappa shape index (κ2) is 11.6. The number of imidazole rings is 1. The molecule has 5 aromatic heterocycles. The van der Waals surface area contributed by atoms with Crippen molar-refractivity contribution in [3.05, 3.63) is 182 Å². The van der Waals surface area contributed by atoms with Crippen molar-refractivity contribution >= 4 is 54.6 Å². The zero-order valence-corrected chi connectivity index (χ0v) is 28.5. The van der Waals surface area contributed by atoms with Crippen LogP contribution in [0.15, 0.2) is 182 Å². The Kier molecular flexibility index (Phi) is 6.45. The Morgan fingerprint density at radius 1 is 0.396 bits per heavy atom. The highest BCUT2D eigenvalue weighted by atomic mass is 15.1. The molecular weight excluding hydrogens is 649 g/mol. The number of para-hydroxylation sites is 4. The summed E-state index contributed by atoms with van der Waals surface area (Å²) >= 11 is 0. The molecule has 0 saturated carbocycles. The summed E-state index contributed by atoms with van der Waals surface area (Å²) in [5.41, 5.74) is 12.4. The summed E-state index contributed by atoms with van der Waals surface area (Å²) in [6.45, 7) is 0. The molecule has 0 atom stereocenters. The third-order valence-electron chi connectivity index (χ3n) is 10.3. The van der Waals surface area contributed by atoms with E-state index in [0.29, 0.717) is 0 Å². The quantitative estimate of drug-likeness (QED) is 0.182. The SMILES string of the molecule is c1ccc(-c2nc3c4c5ccccc5n(-c5ccccc5)c4c4c5ccccc5n(-c5ccc(-c6cccnc6)nc5)c4c3n2-c2ccccc2)cc1. The molecule has 6 aromatic carbocycles. The number of benzene rings is 6. The van der Waals surface area contributed by atoms with Crippen LogP contribution in [0.4, 0.5) is 0 Å². The van der Waals surface area contributed by atoms with Crippen molar-refractivity contribution < 1.29 is 0 Å². The summed E-state index contributed by atoms with van der Waals surface area (Å²) < 4.78 is 7.17. The fourth-order valence-corrected chi connectivity index (χ4v) is 8.16. The van der Waals surface area contributed by atoms with Crippen molar-refractivity contribution in [3.63, 3.8) is 0 Å². The molecule has 0 radical (unpaired) electrons. The first-order valence-corrected chi connectivity index (χ1v) is 17.8. The van der Waals surface area contributed by atoms with E-state index in [4.69, 9.17) is 9.97 Å². The lowest BCUT2D eigenvalue weighted by atomic mass is 10.1. The van der Waals surface area contributed by atoms with Crippen molar-refractivity contribution in [2.24, 2.45) is 0 Å². The van der Waals surface area contributed by atoms with Gasteiger partial charge in [0.25, 0.3) is 0 Å². The maximum atomic E-state index is 5.67. The van der Waals surface area contributed by atoms with Gasteiger partial charge in [-0.15, -0.1) is 0 Å². The first-order chi connectivity index (χ1) is 26.3. The molecule has 6 heteroatoms. The molecule has 11 aromatic rings. The van der Waals surface area contributed by atoms with E-state index >= 15 is 0 Å². The van der Waals surface area contributed by atoms with Gasteiger partial charge in [-0.05, 0) is 60.7 Å². The molecular formula is C47H30N6. The molecule has 0 N–H and O–H groups in total. The molecule has 0 aliphatic heterocycles. The third-order valence-corrected chi connectivity index (χ3v) is 10.3. The minimum absolute atomic E-state index is 0.875. The van der Waals surface area contributed by atoms with E-state index in [1.165, 1.54) is 0 Å². The zero-order valence-electron chi connectivity index (χ0n) is 28.5. The number of nitrogens with zero attached hydrogens (tertiary/aromatic N) is 6. The van der Waals surface area contributed by atoms with Crippen LogP contribution in [0.1, 0.15) is 0 Å². The molecule has 11 rings (SSSR count). The number of rotatable bonds is 5. The monoisotopic (exact) mass is 678 g/mol. The van der Waals surface area contributed by atoms with Gasteiger partial charge in [0, 0.05) is 56.4 Å². The maximum Gasteiger partial charge on any atom is 0.145 e. The van der Waals surface area contributed by atoms with E-state index in [1.54, 1.807) is 6.20 Å². The molecule has 0 aliphatic rings. The van der Waals surface area contributed by atoms with Crippen molar-refractivity contribution in [1.82, 2.24) is 28.7 Å². The summed E-state index contributed by atoms with van der Waals surface area (Å²) in [7, 11) is 0. The minimum atomic E-state index is 0.875. The lowest BCUT2D eigenvalue weighted by Crippen LogP contribution is -2.01. The van der Waals surface area contributed by atoms with Gasteiger partial charge in [0.05, 0.1) is 45.2 Å². The van der Waals surface area contributed by atoms with E-state index in [9.17, 15) is 0 Å². The fraction of sp³-hybridized carbons (Fsp3) is 0.